The second-order valence-corrected chi connectivity index (χ2v) is 5.47. The van der Waals surface area contributed by atoms with Crippen molar-refractivity contribution in [3.63, 3.8) is 0 Å². The molecule has 18 heavy (non-hydrogen) atoms. The smallest absolute Gasteiger partial charge is 0.242 e. The number of nitrogen functional groups attached to an aromatic ring is 1. The lowest BCUT2D eigenvalue weighted by Gasteiger charge is -2.09. The SMILES string of the molecule is Nc1ccccc1S(=O)(=O)NCCn1ccnc1. The van der Waals surface area contributed by atoms with Gasteiger partial charge in [0.15, 0.2) is 0 Å². The van der Waals surface area contributed by atoms with Gasteiger partial charge in [0.25, 0.3) is 0 Å². The van der Waals surface area contributed by atoms with Crippen LogP contribution in [0.5, 0.6) is 0 Å². The molecule has 0 spiro atoms. The lowest BCUT2D eigenvalue weighted by atomic mass is 10.3. The average molecular weight is 266 g/mol. The summed E-state index contributed by atoms with van der Waals surface area (Å²) in [6.07, 6.45) is 5.04. The minimum atomic E-state index is -3.55. The Morgan fingerprint density at radius 1 is 1.33 bits per heavy atom. The molecule has 1 heterocycles. The van der Waals surface area contributed by atoms with Crippen LogP contribution in [0.2, 0.25) is 0 Å². The summed E-state index contributed by atoms with van der Waals surface area (Å²) in [5.41, 5.74) is 5.88. The first-order valence-corrected chi connectivity index (χ1v) is 6.88. The normalized spacial score (nSPS) is 11.6. The predicted molar refractivity (Wildman–Crippen MR) is 68.3 cm³/mol. The van der Waals surface area contributed by atoms with Gasteiger partial charge in [-0.1, -0.05) is 12.1 Å². The number of benzene rings is 1. The first-order chi connectivity index (χ1) is 8.59. The summed E-state index contributed by atoms with van der Waals surface area (Å²) in [7, 11) is -3.55. The van der Waals surface area contributed by atoms with Crippen LogP contribution in [0.1, 0.15) is 0 Å². The highest BCUT2D eigenvalue weighted by Gasteiger charge is 2.15. The van der Waals surface area contributed by atoms with Crippen LogP contribution in [-0.4, -0.2) is 24.5 Å². The molecular weight excluding hydrogens is 252 g/mol. The van der Waals surface area contributed by atoms with E-state index in [9.17, 15) is 8.42 Å². The highest BCUT2D eigenvalue weighted by atomic mass is 32.2. The van der Waals surface area contributed by atoms with Gasteiger partial charge in [-0.15, -0.1) is 0 Å². The minimum absolute atomic E-state index is 0.107. The van der Waals surface area contributed by atoms with Crippen molar-refractivity contribution in [3.05, 3.63) is 43.0 Å². The number of sulfonamides is 1. The summed E-state index contributed by atoms with van der Waals surface area (Å²) in [5, 5.41) is 0. The number of imidazole rings is 1. The van der Waals surface area contributed by atoms with Crippen molar-refractivity contribution in [2.24, 2.45) is 0 Å². The first-order valence-electron chi connectivity index (χ1n) is 5.39. The highest BCUT2D eigenvalue weighted by molar-refractivity contribution is 7.89. The molecule has 0 amide bonds. The van der Waals surface area contributed by atoms with Crippen LogP contribution in [0, 0.1) is 0 Å². The van der Waals surface area contributed by atoms with Crippen molar-refractivity contribution in [3.8, 4) is 0 Å². The van der Waals surface area contributed by atoms with Crippen LogP contribution < -0.4 is 10.5 Å². The number of para-hydroxylation sites is 1. The topological polar surface area (TPSA) is 90.0 Å². The molecule has 96 valence electrons. The highest BCUT2D eigenvalue weighted by Crippen LogP contribution is 2.16. The minimum Gasteiger partial charge on any atom is -0.398 e. The standard InChI is InChI=1S/C11H14N4O2S/c12-10-3-1-2-4-11(10)18(16,17)14-6-8-15-7-5-13-9-15/h1-5,7,9,14H,6,8,12H2. The summed E-state index contributed by atoms with van der Waals surface area (Å²) in [6, 6.07) is 6.37. The summed E-state index contributed by atoms with van der Waals surface area (Å²) >= 11 is 0. The Morgan fingerprint density at radius 2 is 2.11 bits per heavy atom. The van der Waals surface area contributed by atoms with E-state index in [1.54, 1.807) is 41.5 Å². The molecule has 0 saturated carbocycles. The number of aromatic nitrogens is 2. The first kappa shape index (κ1) is 12.6. The molecular formula is C11H14N4O2S. The van der Waals surface area contributed by atoms with Crippen LogP contribution >= 0.6 is 0 Å². The van der Waals surface area contributed by atoms with Gasteiger partial charge >= 0.3 is 0 Å². The third kappa shape index (κ3) is 2.88. The second kappa shape index (κ2) is 5.19. The van der Waals surface area contributed by atoms with Gasteiger partial charge in [0.2, 0.25) is 10.0 Å². The van der Waals surface area contributed by atoms with E-state index in [-0.39, 0.29) is 17.1 Å². The molecule has 7 heteroatoms. The van der Waals surface area contributed by atoms with Crippen molar-refractivity contribution < 1.29 is 8.42 Å². The number of nitrogens with one attached hydrogen (secondary N) is 1. The molecule has 6 nitrogen and oxygen atoms in total. The third-order valence-electron chi connectivity index (χ3n) is 2.43. The van der Waals surface area contributed by atoms with Gasteiger partial charge in [-0.2, -0.15) is 0 Å². The molecule has 0 bridgehead atoms. The van der Waals surface area contributed by atoms with Crippen molar-refractivity contribution in [1.29, 1.82) is 0 Å². The summed E-state index contributed by atoms with van der Waals surface area (Å²) in [4.78, 5) is 3.98. The molecule has 0 aliphatic rings. The predicted octanol–water partition coefficient (Wildman–Crippen LogP) is 0.444. The Morgan fingerprint density at radius 3 is 2.78 bits per heavy atom. The molecule has 1 aromatic carbocycles. The number of nitrogens with zero attached hydrogens (tertiary/aromatic N) is 2. The van der Waals surface area contributed by atoms with Crippen LogP contribution in [-0.2, 0) is 16.6 Å². The monoisotopic (exact) mass is 266 g/mol. The van der Waals surface area contributed by atoms with Gasteiger partial charge in [0.1, 0.15) is 4.90 Å². The van der Waals surface area contributed by atoms with Crippen LogP contribution in [0.25, 0.3) is 0 Å². The molecule has 0 atom stereocenters. The van der Waals surface area contributed by atoms with E-state index in [0.717, 1.165) is 0 Å². The molecule has 0 saturated heterocycles. The Hall–Kier alpha value is -1.86. The van der Waals surface area contributed by atoms with Crippen LogP contribution in [0.4, 0.5) is 5.69 Å². The Balaban J connectivity index is 2.02. The molecule has 2 rings (SSSR count). The molecule has 3 N–H and O–H groups in total. The number of hydrogen-bond acceptors (Lipinski definition) is 4. The second-order valence-electron chi connectivity index (χ2n) is 3.74. The van der Waals surface area contributed by atoms with E-state index in [1.165, 1.54) is 6.07 Å². The fourth-order valence-corrected chi connectivity index (χ4v) is 2.68. The molecule has 2 aromatic rings. The maximum Gasteiger partial charge on any atom is 0.242 e. The third-order valence-corrected chi connectivity index (χ3v) is 3.96. The fourth-order valence-electron chi connectivity index (χ4n) is 1.53. The fraction of sp³-hybridized carbons (Fsp3) is 0.182. The lowest BCUT2D eigenvalue weighted by Crippen LogP contribution is -2.27. The molecule has 0 aliphatic heterocycles. The summed E-state index contributed by atoms with van der Waals surface area (Å²) in [6.45, 7) is 0.805. The largest absolute Gasteiger partial charge is 0.398 e. The maximum absolute atomic E-state index is 12.0. The maximum atomic E-state index is 12.0. The van der Waals surface area contributed by atoms with Gasteiger partial charge in [0, 0.05) is 25.5 Å². The number of rotatable bonds is 5. The van der Waals surface area contributed by atoms with E-state index in [2.05, 4.69) is 9.71 Å². The van der Waals surface area contributed by atoms with E-state index >= 15 is 0 Å². The number of hydrogen-bond donors (Lipinski definition) is 2. The van der Waals surface area contributed by atoms with Gasteiger partial charge in [-0.05, 0) is 12.1 Å². The zero-order valence-corrected chi connectivity index (χ0v) is 10.5. The molecule has 1 aromatic heterocycles. The summed E-state index contributed by atoms with van der Waals surface area (Å²) in [5.74, 6) is 0. The average Bonchev–Trinajstić information content (AvgIpc) is 2.82. The molecule has 0 fully saturated rings. The van der Waals surface area contributed by atoms with Gasteiger partial charge < -0.3 is 10.3 Å². The van der Waals surface area contributed by atoms with Crippen molar-refractivity contribution in [1.82, 2.24) is 14.3 Å². The van der Waals surface area contributed by atoms with Gasteiger partial charge in [-0.25, -0.2) is 18.1 Å². The zero-order valence-electron chi connectivity index (χ0n) is 9.65. The van der Waals surface area contributed by atoms with Gasteiger partial charge in [-0.3, -0.25) is 0 Å². The van der Waals surface area contributed by atoms with Crippen molar-refractivity contribution >= 4 is 15.7 Å². The number of nitrogens with two attached hydrogens (primary N) is 1. The van der Waals surface area contributed by atoms with E-state index in [0.29, 0.717) is 6.54 Å². The molecule has 0 unspecified atom stereocenters. The molecule has 0 radical (unpaired) electrons. The van der Waals surface area contributed by atoms with E-state index in [4.69, 9.17) is 5.73 Å². The molecule has 0 aliphatic carbocycles. The Labute approximate surface area is 106 Å². The Kier molecular flexibility index (Phi) is 3.63. The van der Waals surface area contributed by atoms with Crippen LogP contribution in [0.3, 0.4) is 0 Å². The van der Waals surface area contributed by atoms with Crippen molar-refractivity contribution in [2.75, 3.05) is 12.3 Å². The summed E-state index contributed by atoms with van der Waals surface area (Å²) < 4.78 is 28.2. The number of anilines is 1. The quantitative estimate of drug-likeness (QED) is 0.769. The van der Waals surface area contributed by atoms with E-state index in [1.807, 2.05) is 0 Å². The van der Waals surface area contributed by atoms with Crippen LogP contribution in [0.15, 0.2) is 47.9 Å². The van der Waals surface area contributed by atoms with E-state index < -0.39 is 10.0 Å². The van der Waals surface area contributed by atoms with Gasteiger partial charge in [0.05, 0.1) is 12.0 Å². The van der Waals surface area contributed by atoms with Crippen molar-refractivity contribution in [2.45, 2.75) is 11.4 Å². The zero-order chi connectivity index (χ0) is 13.0. The Bertz CT molecular complexity index is 608. The lowest BCUT2D eigenvalue weighted by molar-refractivity contribution is 0.573.